The number of sulfonamides is 1. The molecule has 0 fully saturated rings. The molecule has 0 aliphatic rings. The zero-order valence-electron chi connectivity index (χ0n) is 21.6. The van der Waals surface area contributed by atoms with Crippen LogP contribution in [-0.4, -0.2) is 42.4 Å². The molecule has 4 aromatic rings. The van der Waals surface area contributed by atoms with Gasteiger partial charge in [0, 0.05) is 17.9 Å². The van der Waals surface area contributed by atoms with Crippen LogP contribution < -0.4 is 20.1 Å². The minimum Gasteiger partial charge on any atom is -0.454 e. The van der Waals surface area contributed by atoms with Crippen LogP contribution in [0.25, 0.3) is 11.1 Å². The average Bonchev–Trinajstić information content (AvgIpc) is 2.89. The number of aromatic nitrogens is 3. The first kappa shape index (κ1) is 30.4. The van der Waals surface area contributed by atoms with Crippen LogP contribution in [0.4, 0.5) is 49.6 Å². The molecule has 0 radical (unpaired) electrons. The molecule has 0 aliphatic carbocycles. The van der Waals surface area contributed by atoms with Gasteiger partial charge in [0.05, 0.1) is 11.8 Å². The molecule has 0 spiro atoms. The van der Waals surface area contributed by atoms with E-state index in [1.54, 1.807) is 48.5 Å². The van der Waals surface area contributed by atoms with Crippen molar-refractivity contribution in [3.63, 3.8) is 0 Å². The summed E-state index contributed by atoms with van der Waals surface area (Å²) >= 11 is 0. The van der Waals surface area contributed by atoms with Gasteiger partial charge in [-0.3, -0.25) is 4.72 Å². The molecule has 16 heteroatoms. The lowest BCUT2D eigenvalue weighted by Gasteiger charge is -2.13. The third kappa shape index (κ3) is 9.22. The van der Waals surface area contributed by atoms with Gasteiger partial charge in [0.15, 0.2) is 6.61 Å². The van der Waals surface area contributed by atoms with E-state index in [0.29, 0.717) is 16.8 Å². The van der Waals surface area contributed by atoms with E-state index in [0.717, 1.165) is 30.0 Å². The number of halogens is 6. The molecule has 0 saturated carbocycles. The van der Waals surface area contributed by atoms with Crippen LogP contribution in [-0.2, 0) is 22.7 Å². The SMILES string of the molecule is CS(=O)(=O)Nc1cccc(-c2cccc(CNc3nc(Nc4cccc(C(F)(F)F)c4)nc(OCC(F)(F)F)n3)c2)c1. The Morgan fingerprint density at radius 1 is 0.786 bits per heavy atom. The maximum absolute atomic E-state index is 13.1. The third-order valence-electron chi connectivity index (χ3n) is 5.30. The molecule has 0 saturated heterocycles. The monoisotopic (exact) mass is 612 g/mol. The lowest BCUT2D eigenvalue weighted by atomic mass is 10.0. The van der Waals surface area contributed by atoms with Gasteiger partial charge in [0.25, 0.3) is 0 Å². The van der Waals surface area contributed by atoms with Crippen molar-refractivity contribution in [1.29, 1.82) is 0 Å². The van der Waals surface area contributed by atoms with Crippen LogP contribution in [0.5, 0.6) is 6.01 Å². The summed E-state index contributed by atoms with van der Waals surface area (Å²) in [5, 5.41) is 5.38. The van der Waals surface area contributed by atoms with Crippen LogP contribution in [0.1, 0.15) is 11.1 Å². The first-order chi connectivity index (χ1) is 19.6. The van der Waals surface area contributed by atoms with Gasteiger partial charge in [-0.1, -0.05) is 36.4 Å². The van der Waals surface area contributed by atoms with E-state index in [2.05, 4.69) is 35.0 Å². The summed E-state index contributed by atoms with van der Waals surface area (Å²) < 4.78 is 108. The number of ether oxygens (including phenoxy) is 1. The van der Waals surface area contributed by atoms with Gasteiger partial charge >= 0.3 is 18.4 Å². The lowest BCUT2D eigenvalue weighted by molar-refractivity contribution is -0.154. The Labute approximate surface area is 236 Å². The summed E-state index contributed by atoms with van der Waals surface area (Å²) in [6.07, 6.45) is -8.28. The van der Waals surface area contributed by atoms with Crippen LogP contribution >= 0.6 is 0 Å². The van der Waals surface area contributed by atoms with Crippen LogP contribution in [0.2, 0.25) is 0 Å². The van der Waals surface area contributed by atoms with E-state index < -0.39 is 40.6 Å². The normalized spacial score (nSPS) is 12.1. The second-order valence-corrected chi connectivity index (χ2v) is 10.6. The summed E-state index contributed by atoms with van der Waals surface area (Å²) in [6, 6.07) is 17.2. The van der Waals surface area contributed by atoms with Crippen molar-refractivity contribution in [2.24, 2.45) is 0 Å². The molecular formula is C26H22F6N6O3S. The highest BCUT2D eigenvalue weighted by molar-refractivity contribution is 7.92. The van der Waals surface area contributed by atoms with Crippen LogP contribution in [0, 0.1) is 0 Å². The molecule has 9 nitrogen and oxygen atoms in total. The summed E-state index contributed by atoms with van der Waals surface area (Å²) in [7, 11) is -3.48. The molecular weight excluding hydrogens is 590 g/mol. The summed E-state index contributed by atoms with van der Waals surface area (Å²) in [6.45, 7) is -1.62. The topological polar surface area (TPSA) is 118 Å². The molecule has 1 aromatic heterocycles. The van der Waals surface area contributed by atoms with Gasteiger partial charge < -0.3 is 15.4 Å². The highest BCUT2D eigenvalue weighted by Crippen LogP contribution is 2.31. The maximum Gasteiger partial charge on any atom is 0.422 e. The predicted octanol–water partition coefficient (Wildman–Crippen LogP) is 6.23. The van der Waals surface area contributed by atoms with Gasteiger partial charge in [-0.25, -0.2) is 8.42 Å². The highest BCUT2D eigenvalue weighted by atomic mass is 32.2. The minimum absolute atomic E-state index is 0.0657. The molecule has 1 heterocycles. The fourth-order valence-electron chi connectivity index (χ4n) is 3.62. The van der Waals surface area contributed by atoms with E-state index in [-0.39, 0.29) is 24.1 Å². The fraction of sp³-hybridized carbons (Fsp3) is 0.192. The van der Waals surface area contributed by atoms with Gasteiger partial charge in [-0.15, -0.1) is 0 Å². The smallest absolute Gasteiger partial charge is 0.422 e. The van der Waals surface area contributed by atoms with E-state index in [1.165, 1.54) is 6.07 Å². The first-order valence-corrected chi connectivity index (χ1v) is 13.8. The molecule has 0 amide bonds. The number of nitrogens with one attached hydrogen (secondary N) is 3. The third-order valence-corrected chi connectivity index (χ3v) is 5.91. The molecule has 3 aromatic carbocycles. The zero-order valence-corrected chi connectivity index (χ0v) is 22.4. The van der Waals surface area contributed by atoms with Crippen molar-refractivity contribution in [3.05, 3.63) is 83.9 Å². The number of anilines is 4. The van der Waals surface area contributed by atoms with Crippen molar-refractivity contribution >= 4 is 33.3 Å². The zero-order chi connectivity index (χ0) is 30.5. The Balaban J connectivity index is 1.55. The molecule has 3 N–H and O–H groups in total. The highest BCUT2D eigenvalue weighted by Gasteiger charge is 2.31. The second kappa shape index (κ2) is 12.1. The standard InChI is InChI=1S/C26H22F6N6O3S/c1-42(39,40)38-21-10-3-7-18(12-21)17-6-2-5-16(11-17)14-33-22-35-23(37-24(36-22)41-15-25(27,28)29)34-20-9-4-8-19(13-20)26(30,31)32/h2-13,38H,14-15H2,1H3,(H2,33,34,35,36,37). The molecule has 42 heavy (non-hydrogen) atoms. The maximum atomic E-state index is 13.1. The Bertz CT molecular complexity index is 1670. The molecule has 0 bridgehead atoms. The number of alkyl halides is 6. The quantitative estimate of drug-likeness (QED) is 0.181. The molecule has 4 rings (SSSR count). The molecule has 0 atom stereocenters. The Kier molecular flexibility index (Phi) is 8.75. The number of hydrogen-bond donors (Lipinski definition) is 3. The van der Waals surface area contributed by atoms with Crippen LogP contribution in [0.3, 0.4) is 0 Å². The van der Waals surface area contributed by atoms with Crippen molar-refractivity contribution < 1.29 is 39.5 Å². The fourth-order valence-corrected chi connectivity index (χ4v) is 4.18. The van der Waals surface area contributed by atoms with Crippen molar-refractivity contribution in [2.75, 3.05) is 28.2 Å². The summed E-state index contributed by atoms with van der Waals surface area (Å²) in [5.74, 6) is -0.561. The second-order valence-electron chi connectivity index (χ2n) is 8.88. The minimum atomic E-state index is -4.69. The predicted molar refractivity (Wildman–Crippen MR) is 144 cm³/mol. The Morgan fingerprint density at radius 3 is 2.12 bits per heavy atom. The van der Waals surface area contributed by atoms with Crippen molar-refractivity contribution in [2.45, 2.75) is 18.9 Å². The van der Waals surface area contributed by atoms with Gasteiger partial charge in [0.1, 0.15) is 0 Å². The number of rotatable bonds is 10. The van der Waals surface area contributed by atoms with E-state index in [4.69, 9.17) is 0 Å². The van der Waals surface area contributed by atoms with Gasteiger partial charge in [-0.2, -0.15) is 41.3 Å². The average molecular weight is 613 g/mol. The van der Waals surface area contributed by atoms with Crippen molar-refractivity contribution in [1.82, 2.24) is 15.0 Å². The van der Waals surface area contributed by atoms with Crippen LogP contribution in [0.15, 0.2) is 72.8 Å². The molecule has 0 aliphatic heterocycles. The van der Waals surface area contributed by atoms with Gasteiger partial charge in [0.2, 0.25) is 21.9 Å². The van der Waals surface area contributed by atoms with E-state index >= 15 is 0 Å². The lowest BCUT2D eigenvalue weighted by Crippen LogP contribution is -2.21. The van der Waals surface area contributed by atoms with Crippen molar-refractivity contribution in [3.8, 4) is 17.1 Å². The Morgan fingerprint density at radius 2 is 1.43 bits per heavy atom. The molecule has 222 valence electrons. The summed E-state index contributed by atoms with van der Waals surface area (Å²) in [5.41, 5.74) is 1.50. The van der Waals surface area contributed by atoms with Gasteiger partial charge in [-0.05, 0) is 53.1 Å². The van der Waals surface area contributed by atoms with E-state index in [1.807, 2.05) is 0 Å². The Hall–Kier alpha value is -4.60. The number of nitrogens with zero attached hydrogens (tertiary/aromatic N) is 3. The number of benzene rings is 3. The first-order valence-electron chi connectivity index (χ1n) is 11.9. The largest absolute Gasteiger partial charge is 0.454 e. The number of hydrogen-bond acceptors (Lipinski definition) is 8. The van der Waals surface area contributed by atoms with E-state index in [9.17, 15) is 34.8 Å². The molecule has 0 unspecified atom stereocenters. The summed E-state index contributed by atoms with van der Waals surface area (Å²) in [4.78, 5) is 11.6.